The smallest absolute Gasteiger partial charge is 0.238 e. The summed E-state index contributed by atoms with van der Waals surface area (Å²) in [7, 11) is 1.61. The van der Waals surface area contributed by atoms with Crippen LogP contribution in [0.2, 0.25) is 5.02 Å². The van der Waals surface area contributed by atoms with E-state index in [2.05, 4.69) is 21.2 Å². The van der Waals surface area contributed by atoms with Gasteiger partial charge in [0, 0.05) is 37.7 Å². The molecule has 0 spiro atoms. The van der Waals surface area contributed by atoms with Gasteiger partial charge in [0.05, 0.1) is 19.3 Å². The van der Waals surface area contributed by atoms with Crippen LogP contribution in [0.25, 0.3) is 0 Å². The summed E-state index contributed by atoms with van der Waals surface area (Å²) in [5, 5.41) is 3.75. The Bertz CT molecular complexity index is 789. The maximum absolute atomic E-state index is 12.4. The second-order valence-corrected chi connectivity index (χ2v) is 7.37. The average Bonchev–Trinajstić information content (AvgIpc) is 2.63. The zero-order chi connectivity index (χ0) is 19.2. The molecular formula is C21H26ClN3O2. The molecule has 0 atom stereocenters. The maximum atomic E-state index is 12.4. The van der Waals surface area contributed by atoms with E-state index in [-0.39, 0.29) is 5.91 Å². The highest BCUT2D eigenvalue weighted by Gasteiger charge is 2.19. The topological polar surface area (TPSA) is 44.8 Å². The number of nitrogens with zero attached hydrogens (tertiary/aromatic N) is 2. The Morgan fingerprint density at radius 3 is 2.56 bits per heavy atom. The fourth-order valence-electron chi connectivity index (χ4n) is 3.31. The van der Waals surface area contributed by atoms with Crippen LogP contribution in [0.1, 0.15) is 11.1 Å². The van der Waals surface area contributed by atoms with Crippen LogP contribution < -0.4 is 10.1 Å². The molecule has 0 aromatic heterocycles. The van der Waals surface area contributed by atoms with Crippen molar-refractivity contribution in [2.24, 2.45) is 0 Å². The summed E-state index contributed by atoms with van der Waals surface area (Å²) in [6.45, 7) is 6.90. The van der Waals surface area contributed by atoms with Crippen molar-refractivity contribution in [3.63, 3.8) is 0 Å². The summed E-state index contributed by atoms with van der Waals surface area (Å²) >= 11 is 6.06. The van der Waals surface area contributed by atoms with E-state index in [9.17, 15) is 4.79 Å². The predicted octanol–water partition coefficient (Wildman–Crippen LogP) is 3.41. The SMILES string of the molecule is COc1ccc(C)cc1NC(=O)CN1CCN(Cc2cccc(Cl)c2)CC1. The first-order valence-electron chi connectivity index (χ1n) is 9.17. The fraction of sp³-hybridized carbons (Fsp3) is 0.381. The number of hydrogen-bond acceptors (Lipinski definition) is 4. The van der Waals surface area contributed by atoms with Crippen molar-refractivity contribution in [1.29, 1.82) is 0 Å². The molecule has 0 aliphatic carbocycles. The van der Waals surface area contributed by atoms with Gasteiger partial charge in [-0.25, -0.2) is 0 Å². The number of carbonyl (C=O) groups excluding carboxylic acids is 1. The number of amides is 1. The number of carbonyl (C=O) groups is 1. The summed E-state index contributed by atoms with van der Waals surface area (Å²) in [6.07, 6.45) is 0. The van der Waals surface area contributed by atoms with Gasteiger partial charge in [0.2, 0.25) is 5.91 Å². The van der Waals surface area contributed by atoms with Crippen molar-refractivity contribution in [3.05, 3.63) is 58.6 Å². The highest BCUT2D eigenvalue weighted by atomic mass is 35.5. The monoisotopic (exact) mass is 387 g/mol. The van der Waals surface area contributed by atoms with E-state index in [0.717, 1.165) is 49.0 Å². The number of halogens is 1. The fourth-order valence-corrected chi connectivity index (χ4v) is 3.52. The van der Waals surface area contributed by atoms with Crippen LogP contribution in [-0.2, 0) is 11.3 Å². The Morgan fingerprint density at radius 1 is 1.11 bits per heavy atom. The van der Waals surface area contributed by atoms with E-state index in [4.69, 9.17) is 16.3 Å². The van der Waals surface area contributed by atoms with Gasteiger partial charge in [-0.3, -0.25) is 14.6 Å². The first kappa shape index (κ1) is 19.7. The molecule has 6 heteroatoms. The summed E-state index contributed by atoms with van der Waals surface area (Å²) in [6, 6.07) is 13.8. The van der Waals surface area contributed by atoms with E-state index in [0.29, 0.717) is 12.3 Å². The van der Waals surface area contributed by atoms with Crippen LogP contribution in [0, 0.1) is 6.92 Å². The Balaban J connectivity index is 1.47. The number of hydrogen-bond donors (Lipinski definition) is 1. The second kappa shape index (κ2) is 9.22. The molecule has 1 heterocycles. The van der Waals surface area contributed by atoms with Gasteiger partial charge < -0.3 is 10.1 Å². The summed E-state index contributed by atoms with van der Waals surface area (Å²) in [5.74, 6) is 0.669. The van der Waals surface area contributed by atoms with Gasteiger partial charge in [0.25, 0.3) is 0 Å². The van der Waals surface area contributed by atoms with Crippen LogP contribution >= 0.6 is 11.6 Å². The average molecular weight is 388 g/mol. The molecule has 0 unspecified atom stereocenters. The van der Waals surface area contributed by atoms with Gasteiger partial charge in [-0.15, -0.1) is 0 Å². The van der Waals surface area contributed by atoms with Crippen LogP contribution in [0.5, 0.6) is 5.75 Å². The van der Waals surface area contributed by atoms with E-state index >= 15 is 0 Å². The third kappa shape index (κ3) is 5.70. The molecule has 1 aliphatic rings. The minimum absolute atomic E-state index is 0.0119. The standard InChI is InChI=1S/C21H26ClN3O2/c1-16-6-7-20(27-2)19(12-16)23-21(26)15-25-10-8-24(9-11-25)14-17-4-3-5-18(22)13-17/h3-7,12-13H,8-11,14-15H2,1-2H3,(H,23,26). The number of anilines is 1. The van der Waals surface area contributed by atoms with Gasteiger partial charge >= 0.3 is 0 Å². The normalized spacial score (nSPS) is 15.5. The van der Waals surface area contributed by atoms with Crippen molar-refractivity contribution in [1.82, 2.24) is 9.80 Å². The lowest BCUT2D eigenvalue weighted by atomic mass is 10.2. The predicted molar refractivity (Wildman–Crippen MR) is 110 cm³/mol. The molecule has 1 aliphatic heterocycles. The highest BCUT2D eigenvalue weighted by molar-refractivity contribution is 6.30. The Morgan fingerprint density at radius 2 is 1.85 bits per heavy atom. The molecule has 0 radical (unpaired) electrons. The van der Waals surface area contributed by atoms with Crippen molar-refractivity contribution >= 4 is 23.2 Å². The van der Waals surface area contributed by atoms with Crippen molar-refractivity contribution in [2.75, 3.05) is 45.2 Å². The van der Waals surface area contributed by atoms with Gasteiger partial charge in [0.1, 0.15) is 5.75 Å². The largest absolute Gasteiger partial charge is 0.495 e. The lowest BCUT2D eigenvalue weighted by Gasteiger charge is -2.34. The maximum Gasteiger partial charge on any atom is 0.238 e. The van der Waals surface area contributed by atoms with E-state index < -0.39 is 0 Å². The molecule has 1 N–H and O–H groups in total. The van der Waals surface area contributed by atoms with Gasteiger partial charge in [-0.05, 0) is 42.3 Å². The summed E-state index contributed by atoms with van der Waals surface area (Å²) in [4.78, 5) is 17.0. The third-order valence-electron chi connectivity index (χ3n) is 4.76. The molecule has 0 saturated carbocycles. The number of ether oxygens (including phenoxy) is 1. The summed E-state index contributed by atoms with van der Waals surface area (Å²) < 4.78 is 5.33. The lowest BCUT2D eigenvalue weighted by molar-refractivity contribution is -0.117. The van der Waals surface area contributed by atoms with Crippen molar-refractivity contribution in [2.45, 2.75) is 13.5 Å². The number of rotatable bonds is 6. The Hall–Kier alpha value is -2.08. The van der Waals surface area contributed by atoms with Crippen LogP contribution in [-0.4, -0.2) is 55.5 Å². The zero-order valence-corrected chi connectivity index (χ0v) is 16.6. The lowest BCUT2D eigenvalue weighted by Crippen LogP contribution is -2.48. The first-order valence-corrected chi connectivity index (χ1v) is 9.55. The number of methoxy groups -OCH3 is 1. The van der Waals surface area contributed by atoms with Crippen LogP contribution in [0.3, 0.4) is 0 Å². The molecule has 0 bridgehead atoms. The molecule has 2 aromatic carbocycles. The number of benzene rings is 2. The molecule has 1 fully saturated rings. The van der Waals surface area contributed by atoms with Gasteiger partial charge in [0.15, 0.2) is 0 Å². The molecule has 1 saturated heterocycles. The molecule has 27 heavy (non-hydrogen) atoms. The number of nitrogens with one attached hydrogen (secondary N) is 1. The highest BCUT2D eigenvalue weighted by Crippen LogP contribution is 2.25. The van der Waals surface area contributed by atoms with E-state index in [1.807, 2.05) is 43.3 Å². The zero-order valence-electron chi connectivity index (χ0n) is 15.9. The molecular weight excluding hydrogens is 362 g/mol. The number of piperazine rings is 1. The van der Waals surface area contributed by atoms with Gasteiger partial charge in [-0.2, -0.15) is 0 Å². The third-order valence-corrected chi connectivity index (χ3v) is 4.99. The molecule has 144 valence electrons. The van der Waals surface area contributed by atoms with Crippen molar-refractivity contribution in [3.8, 4) is 5.75 Å². The quantitative estimate of drug-likeness (QED) is 0.825. The minimum Gasteiger partial charge on any atom is -0.495 e. The van der Waals surface area contributed by atoms with E-state index in [1.165, 1.54) is 5.56 Å². The van der Waals surface area contributed by atoms with Gasteiger partial charge in [-0.1, -0.05) is 29.8 Å². The molecule has 1 amide bonds. The summed E-state index contributed by atoms with van der Waals surface area (Å²) in [5.41, 5.74) is 3.03. The molecule has 2 aromatic rings. The van der Waals surface area contributed by atoms with Crippen molar-refractivity contribution < 1.29 is 9.53 Å². The van der Waals surface area contributed by atoms with E-state index in [1.54, 1.807) is 7.11 Å². The first-order chi connectivity index (χ1) is 13.0. The van der Waals surface area contributed by atoms with Crippen LogP contribution in [0.4, 0.5) is 5.69 Å². The Kier molecular flexibility index (Phi) is 6.72. The second-order valence-electron chi connectivity index (χ2n) is 6.93. The minimum atomic E-state index is -0.0119. The molecule has 5 nitrogen and oxygen atoms in total. The van der Waals surface area contributed by atoms with Crippen LogP contribution in [0.15, 0.2) is 42.5 Å². The number of aryl methyl sites for hydroxylation is 1. The molecule has 3 rings (SSSR count). The Labute approximate surface area is 165 Å².